The average molecular weight is 342 g/mol. The molecule has 3 nitrogen and oxygen atoms in total. The second kappa shape index (κ2) is 7.15. The maximum Gasteiger partial charge on any atom is 0.138 e. The molecule has 2 aromatic carbocycles. The summed E-state index contributed by atoms with van der Waals surface area (Å²) in [5.74, 6) is -1.21. The number of hydrogen-bond donors (Lipinski definition) is 1. The summed E-state index contributed by atoms with van der Waals surface area (Å²) in [6.07, 6.45) is 1.52. The van der Waals surface area contributed by atoms with E-state index in [4.69, 9.17) is 0 Å². The quantitative estimate of drug-likeness (QED) is 0.737. The van der Waals surface area contributed by atoms with Crippen molar-refractivity contribution < 1.29 is 13.9 Å². The predicted octanol–water partition coefficient (Wildman–Crippen LogP) is 4.57. The van der Waals surface area contributed by atoms with Crippen molar-refractivity contribution in [3.05, 3.63) is 66.0 Å². The number of aryl methyl sites for hydroxylation is 2. The molecule has 25 heavy (non-hydrogen) atoms. The van der Waals surface area contributed by atoms with Gasteiger partial charge in [-0.2, -0.15) is 0 Å². The molecule has 0 saturated heterocycles. The van der Waals surface area contributed by atoms with Crippen molar-refractivity contribution in [2.45, 2.75) is 32.9 Å². The van der Waals surface area contributed by atoms with Crippen LogP contribution in [0.25, 0.3) is 22.5 Å². The minimum absolute atomic E-state index is 0.0815. The van der Waals surface area contributed by atoms with E-state index in [1.165, 1.54) is 12.1 Å². The van der Waals surface area contributed by atoms with E-state index < -0.39 is 17.7 Å². The molecule has 0 amide bonds. The summed E-state index contributed by atoms with van der Waals surface area (Å²) in [4.78, 5) is 4.40. The maximum absolute atomic E-state index is 14.8. The van der Waals surface area contributed by atoms with Crippen LogP contribution in [0.15, 0.2) is 48.8 Å². The fourth-order valence-electron chi connectivity index (χ4n) is 2.82. The molecule has 0 aliphatic heterocycles. The van der Waals surface area contributed by atoms with Crippen molar-refractivity contribution in [2.24, 2.45) is 0 Å². The molecule has 0 spiro atoms. The molecule has 0 bridgehead atoms. The van der Waals surface area contributed by atoms with Gasteiger partial charge in [0, 0.05) is 12.1 Å². The average Bonchev–Trinajstić information content (AvgIpc) is 3.01. The summed E-state index contributed by atoms with van der Waals surface area (Å²) in [5, 5.41) is 9.57. The van der Waals surface area contributed by atoms with Gasteiger partial charge < -0.3 is 9.67 Å². The smallest absolute Gasteiger partial charge is 0.138 e. The molecular weight excluding hydrogens is 322 g/mol. The molecule has 130 valence electrons. The molecule has 0 aliphatic carbocycles. The van der Waals surface area contributed by atoms with Crippen LogP contribution in [0, 0.1) is 18.6 Å². The number of imidazole rings is 1. The second-order valence-corrected chi connectivity index (χ2v) is 6.19. The van der Waals surface area contributed by atoms with Crippen LogP contribution >= 0.6 is 0 Å². The molecule has 1 aromatic heterocycles. The number of hydrogen-bond acceptors (Lipinski definition) is 2. The third-order valence-electron chi connectivity index (χ3n) is 4.19. The van der Waals surface area contributed by atoms with Gasteiger partial charge in [-0.25, -0.2) is 13.8 Å². The van der Waals surface area contributed by atoms with Gasteiger partial charge in [0.05, 0.1) is 29.4 Å². The van der Waals surface area contributed by atoms with Gasteiger partial charge in [-0.1, -0.05) is 36.4 Å². The Hall–Kier alpha value is -2.53. The monoisotopic (exact) mass is 342 g/mol. The van der Waals surface area contributed by atoms with Gasteiger partial charge in [-0.3, -0.25) is 0 Å². The lowest BCUT2D eigenvalue weighted by atomic mass is 10.0. The fourth-order valence-corrected chi connectivity index (χ4v) is 2.82. The number of benzene rings is 2. The van der Waals surface area contributed by atoms with Gasteiger partial charge in [0.15, 0.2) is 0 Å². The van der Waals surface area contributed by atoms with Crippen molar-refractivity contribution >= 4 is 0 Å². The highest BCUT2D eigenvalue weighted by atomic mass is 19.1. The summed E-state index contributed by atoms with van der Waals surface area (Å²) >= 11 is 0. The molecule has 3 aromatic rings. The molecule has 1 atom stereocenters. The Morgan fingerprint density at radius 3 is 2.52 bits per heavy atom. The van der Waals surface area contributed by atoms with Crippen LogP contribution in [0.4, 0.5) is 8.78 Å². The van der Waals surface area contributed by atoms with Gasteiger partial charge >= 0.3 is 0 Å². The Morgan fingerprint density at radius 2 is 1.84 bits per heavy atom. The van der Waals surface area contributed by atoms with E-state index in [1.807, 2.05) is 30.3 Å². The molecule has 3 rings (SSSR count). The van der Waals surface area contributed by atoms with E-state index in [0.717, 1.165) is 5.56 Å². The van der Waals surface area contributed by atoms with Crippen LogP contribution in [0.2, 0.25) is 0 Å². The molecule has 1 N–H and O–H groups in total. The Kier molecular flexibility index (Phi) is 4.95. The second-order valence-electron chi connectivity index (χ2n) is 6.19. The molecule has 5 heteroatoms. The molecule has 0 aliphatic rings. The first-order valence-corrected chi connectivity index (χ1v) is 8.22. The first-order chi connectivity index (χ1) is 12.0. The zero-order chi connectivity index (χ0) is 18.0. The van der Waals surface area contributed by atoms with Crippen LogP contribution in [-0.4, -0.2) is 20.8 Å². The Labute approximate surface area is 145 Å². The van der Waals surface area contributed by atoms with Gasteiger partial charge in [-0.05, 0) is 31.9 Å². The van der Waals surface area contributed by atoms with Gasteiger partial charge in [0.2, 0.25) is 0 Å². The number of aromatic nitrogens is 2. The van der Waals surface area contributed by atoms with Gasteiger partial charge in [0.1, 0.15) is 11.6 Å². The molecule has 0 radical (unpaired) electrons. The van der Waals surface area contributed by atoms with Gasteiger partial charge in [-0.15, -0.1) is 0 Å². The first kappa shape index (κ1) is 17.3. The lowest BCUT2D eigenvalue weighted by molar-refractivity contribution is 0.178. The number of halogens is 2. The molecule has 1 heterocycles. The molecule has 0 unspecified atom stereocenters. The largest absolute Gasteiger partial charge is 0.393 e. The lowest BCUT2D eigenvalue weighted by Gasteiger charge is -2.14. The highest BCUT2D eigenvalue weighted by Gasteiger charge is 2.22. The zero-order valence-corrected chi connectivity index (χ0v) is 14.2. The summed E-state index contributed by atoms with van der Waals surface area (Å²) in [7, 11) is 0. The fraction of sp³-hybridized carbons (Fsp3) is 0.250. The van der Waals surface area contributed by atoms with E-state index in [-0.39, 0.29) is 5.56 Å². The van der Waals surface area contributed by atoms with Crippen molar-refractivity contribution in [2.75, 3.05) is 0 Å². The highest BCUT2D eigenvalue weighted by molar-refractivity contribution is 5.79. The summed E-state index contributed by atoms with van der Waals surface area (Å²) in [5.41, 5.74) is 1.99. The third-order valence-corrected chi connectivity index (χ3v) is 4.19. The summed E-state index contributed by atoms with van der Waals surface area (Å²) in [6, 6.07) is 12.0. The highest BCUT2D eigenvalue weighted by Crippen LogP contribution is 2.35. The van der Waals surface area contributed by atoms with Crippen LogP contribution in [-0.2, 0) is 6.54 Å². The normalized spacial score (nSPS) is 12.4. The Morgan fingerprint density at radius 1 is 1.12 bits per heavy atom. The number of nitrogens with zero attached hydrogens (tertiary/aromatic N) is 2. The predicted molar refractivity (Wildman–Crippen MR) is 94.0 cm³/mol. The summed E-state index contributed by atoms with van der Waals surface area (Å²) in [6.45, 7) is 3.71. The van der Waals surface area contributed by atoms with Crippen molar-refractivity contribution in [1.82, 2.24) is 9.55 Å². The summed E-state index contributed by atoms with van der Waals surface area (Å²) < 4.78 is 31.0. The number of aliphatic hydroxyl groups is 1. The maximum atomic E-state index is 14.8. The molecule has 0 fully saturated rings. The molecular formula is C20H20F2N2O. The Bertz CT molecular complexity index is 873. The van der Waals surface area contributed by atoms with Crippen molar-refractivity contribution in [3.63, 3.8) is 0 Å². The van der Waals surface area contributed by atoms with Crippen LogP contribution < -0.4 is 0 Å². The van der Waals surface area contributed by atoms with E-state index in [9.17, 15) is 13.9 Å². The zero-order valence-electron chi connectivity index (χ0n) is 14.2. The number of aliphatic hydroxyl groups excluding tert-OH is 1. The van der Waals surface area contributed by atoms with Crippen molar-refractivity contribution in [3.8, 4) is 22.5 Å². The standard InChI is InChI=1S/C20H20F2N2O/c1-13-8-9-16(21)17(18(13)22)20-19(15-6-4-3-5-7-15)23-12-24(20)11-10-14(2)25/h3-9,12,14,25H,10-11H2,1-2H3/t14-/m0/s1. The topological polar surface area (TPSA) is 38.0 Å². The van der Waals surface area contributed by atoms with Crippen LogP contribution in [0.5, 0.6) is 0 Å². The minimum Gasteiger partial charge on any atom is -0.393 e. The third kappa shape index (κ3) is 3.46. The van der Waals surface area contributed by atoms with Crippen LogP contribution in [0.3, 0.4) is 0 Å². The SMILES string of the molecule is Cc1ccc(F)c(-c2c(-c3ccccc3)ncn2CC[C@H](C)O)c1F. The van der Waals surface area contributed by atoms with Gasteiger partial charge in [0.25, 0.3) is 0 Å². The number of rotatable bonds is 5. The van der Waals surface area contributed by atoms with Crippen LogP contribution in [0.1, 0.15) is 18.9 Å². The minimum atomic E-state index is -0.626. The van der Waals surface area contributed by atoms with E-state index in [2.05, 4.69) is 4.98 Å². The van der Waals surface area contributed by atoms with E-state index in [1.54, 1.807) is 24.7 Å². The van der Waals surface area contributed by atoms with E-state index in [0.29, 0.717) is 29.9 Å². The Balaban J connectivity index is 2.22. The lowest BCUT2D eigenvalue weighted by Crippen LogP contribution is -2.08. The van der Waals surface area contributed by atoms with E-state index >= 15 is 0 Å². The van der Waals surface area contributed by atoms with Crippen molar-refractivity contribution in [1.29, 1.82) is 0 Å². The first-order valence-electron chi connectivity index (χ1n) is 8.22. The molecule has 0 saturated carbocycles.